The zero-order valence-corrected chi connectivity index (χ0v) is 25.1. The summed E-state index contributed by atoms with van der Waals surface area (Å²) in [6.45, 7) is 6.97. The number of nitrogens with one attached hydrogen (secondary N) is 3. The fourth-order valence-corrected chi connectivity index (χ4v) is 5.47. The molecule has 226 valence electrons. The topological polar surface area (TPSA) is 136 Å². The van der Waals surface area contributed by atoms with E-state index in [0.717, 1.165) is 43.8 Å². The van der Waals surface area contributed by atoms with Crippen molar-refractivity contribution in [3.8, 4) is 17.1 Å². The summed E-state index contributed by atoms with van der Waals surface area (Å²) in [4.78, 5) is 57.5. The molecule has 11 heteroatoms. The van der Waals surface area contributed by atoms with Gasteiger partial charge in [-0.05, 0) is 69.7 Å². The fraction of sp³-hybridized carbons (Fsp3) is 0.406. The number of aromatic nitrogens is 4. The molecule has 1 unspecified atom stereocenters. The largest absolute Gasteiger partial charge is 0.491 e. The lowest BCUT2D eigenvalue weighted by molar-refractivity contribution is 0.0657. The Morgan fingerprint density at radius 2 is 2.07 bits per heavy atom. The van der Waals surface area contributed by atoms with Gasteiger partial charge in [0.05, 0.1) is 34.6 Å². The van der Waals surface area contributed by atoms with Crippen LogP contribution >= 0.6 is 0 Å². The van der Waals surface area contributed by atoms with Gasteiger partial charge < -0.3 is 29.8 Å². The number of amides is 1. The second kappa shape index (κ2) is 13.2. The Balaban J connectivity index is 1.35. The molecule has 11 nitrogen and oxygen atoms in total. The van der Waals surface area contributed by atoms with E-state index in [1.165, 1.54) is 0 Å². The molecule has 5 rings (SSSR count). The molecular formula is C32H39N7O4. The van der Waals surface area contributed by atoms with E-state index in [1.54, 1.807) is 42.5 Å². The molecule has 4 aromatic rings. The molecule has 43 heavy (non-hydrogen) atoms. The van der Waals surface area contributed by atoms with Crippen LogP contribution in [0.25, 0.3) is 22.4 Å². The fourth-order valence-electron chi connectivity index (χ4n) is 5.47. The van der Waals surface area contributed by atoms with Crippen molar-refractivity contribution in [1.29, 1.82) is 0 Å². The van der Waals surface area contributed by atoms with Crippen molar-refractivity contribution >= 4 is 28.9 Å². The average Bonchev–Trinajstić information content (AvgIpc) is 3.44. The molecule has 4 heterocycles. The van der Waals surface area contributed by atoms with Crippen LogP contribution in [-0.4, -0.2) is 88.3 Å². The van der Waals surface area contributed by atoms with Crippen LogP contribution < -0.4 is 15.6 Å². The highest BCUT2D eigenvalue weighted by Crippen LogP contribution is 2.27. The summed E-state index contributed by atoms with van der Waals surface area (Å²) in [5, 5.41) is 3.37. The first-order valence-corrected chi connectivity index (χ1v) is 14.8. The van der Waals surface area contributed by atoms with Gasteiger partial charge in [0.25, 0.3) is 11.5 Å². The maximum Gasteiger partial charge on any atom is 0.261 e. The lowest BCUT2D eigenvalue weighted by atomic mass is 10.0. The summed E-state index contributed by atoms with van der Waals surface area (Å²) in [6.07, 6.45) is 6.58. The molecule has 1 atom stereocenters. The number of aryl methyl sites for hydroxylation is 1. The van der Waals surface area contributed by atoms with Crippen LogP contribution in [0.1, 0.15) is 53.1 Å². The first-order valence-electron chi connectivity index (χ1n) is 14.8. The van der Waals surface area contributed by atoms with Gasteiger partial charge in [-0.2, -0.15) is 0 Å². The number of rotatable bonds is 11. The number of likely N-dealkylation sites (tertiary alicyclic amines) is 1. The minimum Gasteiger partial charge on any atom is -0.491 e. The third kappa shape index (κ3) is 6.61. The van der Waals surface area contributed by atoms with Gasteiger partial charge in [-0.1, -0.05) is 13.8 Å². The van der Waals surface area contributed by atoms with Crippen molar-refractivity contribution in [2.45, 2.75) is 39.2 Å². The van der Waals surface area contributed by atoms with Crippen LogP contribution in [0, 0.1) is 5.92 Å². The Morgan fingerprint density at radius 1 is 1.28 bits per heavy atom. The number of nitrogens with zero attached hydrogens (tertiary/aromatic N) is 4. The van der Waals surface area contributed by atoms with Crippen LogP contribution in [0.3, 0.4) is 0 Å². The Bertz CT molecular complexity index is 1660. The number of fused-ring (bicyclic) bond motifs is 1. The average molecular weight is 586 g/mol. The predicted molar refractivity (Wildman–Crippen MR) is 167 cm³/mol. The highest BCUT2D eigenvalue weighted by Gasteiger charge is 2.27. The number of pyridine rings is 2. The first kappa shape index (κ1) is 30.0. The number of piperidine rings is 1. The monoisotopic (exact) mass is 585 g/mol. The molecule has 0 aliphatic carbocycles. The van der Waals surface area contributed by atoms with Gasteiger partial charge in [0.2, 0.25) is 0 Å². The van der Waals surface area contributed by atoms with Gasteiger partial charge in [-0.25, -0.2) is 4.98 Å². The second-order valence-corrected chi connectivity index (χ2v) is 11.3. The Morgan fingerprint density at radius 3 is 2.81 bits per heavy atom. The van der Waals surface area contributed by atoms with Gasteiger partial charge in [-0.15, -0.1) is 0 Å². The van der Waals surface area contributed by atoms with Gasteiger partial charge >= 0.3 is 0 Å². The molecule has 1 aromatic carbocycles. The van der Waals surface area contributed by atoms with Crippen molar-refractivity contribution in [3.63, 3.8) is 0 Å². The summed E-state index contributed by atoms with van der Waals surface area (Å²) in [5.74, 6) is 1.03. The number of hydrogen-bond donors (Lipinski definition) is 3. The number of benzene rings is 1. The number of carbonyl (C=O) groups is 2. The number of ether oxygens (including phenoxy) is 1. The van der Waals surface area contributed by atoms with Crippen molar-refractivity contribution in [2.24, 2.45) is 5.92 Å². The van der Waals surface area contributed by atoms with E-state index in [-0.39, 0.29) is 29.0 Å². The van der Waals surface area contributed by atoms with E-state index < -0.39 is 0 Å². The molecule has 3 aromatic heterocycles. The zero-order valence-electron chi connectivity index (χ0n) is 25.1. The van der Waals surface area contributed by atoms with Crippen molar-refractivity contribution < 1.29 is 14.3 Å². The van der Waals surface area contributed by atoms with Crippen LogP contribution in [0.15, 0.2) is 47.5 Å². The maximum absolute atomic E-state index is 13.5. The van der Waals surface area contributed by atoms with Crippen molar-refractivity contribution in [2.75, 3.05) is 45.7 Å². The number of imidazole rings is 1. The molecular weight excluding hydrogens is 546 g/mol. The molecule has 0 saturated carbocycles. The van der Waals surface area contributed by atoms with Crippen molar-refractivity contribution in [1.82, 2.24) is 29.7 Å². The number of carbonyl (C=O) groups excluding carboxylic acids is 2. The summed E-state index contributed by atoms with van der Waals surface area (Å²) >= 11 is 0. The normalized spacial score (nSPS) is 14.9. The third-order valence-corrected chi connectivity index (χ3v) is 8.11. The molecule has 1 saturated heterocycles. The minimum atomic E-state index is -0.315. The molecule has 3 N–H and O–H groups in total. The molecule has 0 bridgehead atoms. The van der Waals surface area contributed by atoms with E-state index in [2.05, 4.69) is 44.1 Å². The number of hydrogen-bond acceptors (Lipinski definition) is 8. The molecule has 1 aliphatic rings. The number of aromatic amines is 2. The molecule has 1 amide bonds. The summed E-state index contributed by atoms with van der Waals surface area (Å²) < 4.78 is 6.02. The van der Waals surface area contributed by atoms with Crippen LogP contribution in [0.4, 0.5) is 5.69 Å². The second-order valence-electron chi connectivity index (χ2n) is 11.3. The highest BCUT2D eigenvalue weighted by atomic mass is 16.5. The maximum atomic E-state index is 13.5. The Kier molecular flexibility index (Phi) is 9.20. The molecule has 1 aliphatic heterocycles. The first-order chi connectivity index (χ1) is 20.8. The predicted octanol–water partition coefficient (Wildman–Crippen LogP) is 3.98. The number of anilines is 1. The zero-order chi connectivity index (χ0) is 30.5. The summed E-state index contributed by atoms with van der Waals surface area (Å²) in [5.41, 5.74) is 3.20. The minimum absolute atomic E-state index is 0.107. The van der Waals surface area contributed by atoms with E-state index in [0.29, 0.717) is 53.1 Å². The third-order valence-electron chi connectivity index (χ3n) is 8.11. The van der Waals surface area contributed by atoms with Crippen molar-refractivity contribution in [3.05, 3.63) is 69.9 Å². The quantitative estimate of drug-likeness (QED) is 0.225. The summed E-state index contributed by atoms with van der Waals surface area (Å²) in [6, 6.07) is 8.94. The molecule has 0 radical (unpaired) electrons. The summed E-state index contributed by atoms with van der Waals surface area (Å²) in [7, 11) is 3.87. The van der Waals surface area contributed by atoms with E-state index >= 15 is 0 Å². The van der Waals surface area contributed by atoms with Crippen LogP contribution in [0.5, 0.6) is 5.75 Å². The van der Waals surface area contributed by atoms with Gasteiger partial charge in [-0.3, -0.25) is 19.4 Å². The van der Waals surface area contributed by atoms with Crippen LogP contribution in [0.2, 0.25) is 0 Å². The van der Waals surface area contributed by atoms with E-state index in [9.17, 15) is 14.4 Å². The number of H-pyrrole nitrogens is 2. The standard InChI is InChI=1S/C32H39N7O4/c1-5-24-28(7-6-11-33-24)43-19-20(2)17-35-25-8-12-34-31(41)29(25)30-36-26-15-21(18-40)23(16-27(26)37-30)32(42)39(4)22-9-13-38(3)14-10-22/h6-8,11-12,15-16,18,20,22H,5,9-10,13-14,17,19H2,1-4H3,(H,36,37)(H2,34,35,41). The van der Waals surface area contributed by atoms with Gasteiger partial charge in [0.1, 0.15) is 17.1 Å². The van der Waals surface area contributed by atoms with E-state index in [1.807, 2.05) is 19.1 Å². The van der Waals surface area contributed by atoms with E-state index in [4.69, 9.17) is 4.74 Å². The highest BCUT2D eigenvalue weighted by molar-refractivity contribution is 6.05. The Hall–Kier alpha value is -4.51. The molecule has 1 fully saturated rings. The van der Waals surface area contributed by atoms with Gasteiger partial charge in [0.15, 0.2) is 6.29 Å². The lowest BCUT2D eigenvalue weighted by Crippen LogP contribution is -2.44. The molecule has 0 spiro atoms. The SMILES string of the molecule is CCc1ncccc1OCC(C)CNc1cc[nH]c(=O)c1-c1nc2cc(C(=O)N(C)C3CCN(C)CC3)c(C=O)cc2[nH]1. The smallest absolute Gasteiger partial charge is 0.261 e. The Labute approximate surface area is 250 Å². The van der Waals surface area contributed by atoms with Crippen LogP contribution in [-0.2, 0) is 6.42 Å². The number of aldehydes is 1. The lowest BCUT2D eigenvalue weighted by Gasteiger charge is -2.35. The van der Waals surface area contributed by atoms with Gasteiger partial charge in [0, 0.05) is 43.5 Å².